The summed E-state index contributed by atoms with van der Waals surface area (Å²) in [5.74, 6) is 2.19. The molecule has 1 heterocycles. The Bertz CT molecular complexity index is 896. The molecule has 146 valence electrons. The van der Waals surface area contributed by atoms with Gasteiger partial charge >= 0.3 is 0 Å². The minimum absolute atomic E-state index is 0.189. The van der Waals surface area contributed by atoms with Crippen molar-refractivity contribution in [1.29, 1.82) is 0 Å². The van der Waals surface area contributed by atoms with Crippen LogP contribution in [0.1, 0.15) is 60.3 Å². The summed E-state index contributed by atoms with van der Waals surface area (Å²) in [6.45, 7) is 0. The first kappa shape index (κ1) is 18.2. The lowest BCUT2D eigenvalue weighted by molar-refractivity contribution is -0.00721. The number of amides is 1. The van der Waals surface area contributed by atoms with Gasteiger partial charge in [-0.25, -0.2) is 5.43 Å². The zero-order valence-electron chi connectivity index (χ0n) is 15.4. The van der Waals surface area contributed by atoms with Gasteiger partial charge in [-0.3, -0.25) is 9.89 Å². The van der Waals surface area contributed by atoms with Gasteiger partial charge in [0.15, 0.2) is 5.69 Å². The number of carbonyl (C=O) groups is 1. The quantitative estimate of drug-likeness (QED) is 0.546. The van der Waals surface area contributed by atoms with Crippen molar-refractivity contribution in [2.45, 2.75) is 43.9 Å². The summed E-state index contributed by atoms with van der Waals surface area (Å²) >= 11 is 12.2. The molecule has 0 saturated heterocycles. The Morgan fingerprint density at radius 2 is 1.75 bits per heavy atom. The van der Waals surface area contributed by atoms with E-state index >= 15 is 0 Å². The topological polar surface area (TPSA) is 70.1 Å². The third-order valence-corrected chi connectivity index (χ3v) is 7.44. The van der Waals surface area contributed by atoms with Crippen molar-refractivity contribution in [2.75, 3.05) is 0 Å². The van der Waals surface area contributed by atoms with Crippen molar-refractivity contribution < 1.29 is 4.79 Å². The number of hydrogen-bond acceptors (Lipinski definition) is 3. The van der Waals surface area contributed by atoms with E-state index in [0.29, 0.717) is 21.3 Å². The molecule has 2 aromatic rings. The maximum atomic E-state index is 12.5. The molecule has 1 aromatic carbocycles. The fourth-order valence-corrected chi connectivity index (χ4v) is 6.49. The fourth-order valence-electron chi connectivity index (χ4n) is 6.00. The van der Waals surface area contributed by atoms with Crippen LogP contribution in [0, 0.1) is 17.8 Å². The monoisotopic (exact) mass is 416 g/mol. The van der Waals surface area contributed by atoms with Crippen LogP contribution in [-0.4, -0.2) is 22.3 Å². The van der Waals surface area contributed by atoms with Crippen LogP contribution in [0.2, 0.25) is 10.0 Å². The molecule has 0 aliphatic heterocycles. The summed E-state index contributed by atoms with van der Waals surface area (Å²) < 4.78 is 0. The molecule has 28 heavy (non-hydrogen) atoms. The summed E-state index contributed by atoms with van der Waals surface area (Å²) in [4.78, 5) is 12.5. The number of aromatic nitrogens is 2. The third kappa shape index (κ3) is 3.15. The van der Waals surface area contributed by atoms with Crippen molar-refractivity contribution in [3.63, 3.8) is 0 Å². The standard InChI is InChI=1S/C21H22Cl2N4O/c22-16-2-1-3-17(23)15(16)11-24-27-20(28)18-7-19(26-25-18)21-8-12-4-13(9-21)6-14(5-12)10-21/h1-3,7,11-14H,4-6,8-10H2,(H,25,26)(H,27,28)/b24-11-. The van der Waals surface area contributed by atoms with Gasteiger partial charge in [0.1, 0.15) is 0 Å². The van der Waals surface area contributed by atoms with Crippen molar-refractivity contribution in [2.24, 2.45) is 22.9 Å². The normalized spacial score (nSPS) is 30.9. The molecule has 0 spiro atoms. The molecule has 4 aliphatic carbocycles. The molecule has 6 rings (SSSR count). The van der Waals surface area contributed by atoms with Gasteiger partial charge in [0.2, 0.25) is 0 Å². The number of nitrogens with one attached hydrogen (secondary N) is 2. The molecule has 5 nitrogen and oxygen atoms in total. The van der Waals surface area contributed by atoms with Gasteiger partial charge in [0.05, 0.1) is 16.3 Å². The van der Waals surface area contributed by atoms with E-state index in [1.807, 2.05) is 6.07 Å². The summed E-state index contributed by atoms with van der Waals surface area (Å²) in [6, 6.07) is 7.13. The van der Waals surface area contributed by atoms with Crippen molar-refractivity contribution in [3.05, 3.63) is 51.3 Å². The Labute approximate surface area is 173 Å². The Balaban J connectivity index is 1.30. The maximum Gasteiger partial charge on any atom is 0.291 e. The van der Waals surface area contributed by atoms with Crippen LogP contribution in [0.3, 0.4) is 0 Å². The second kappa shape index (κ2) is 6.89. The van der Waals surface area contributed by atoms with Crippen LogP contribution >= 0.6 is 23.2 Å². The first-order valence-corrected chi connectivity index (χ1v) is 10.6. The fraction of sp³-hybridized carbons (Fsp3) is 0.476. The minimum atomic E-state index is -0.341. The lowest BCUT2D eigenvalue weighted by Gasteiger charge is -2.56. The number of halogens is 2. The van der Waals surface area contributed by atoms with E-state index < -0.39 is 0 Å². The third-order valence-electron chi connectivity index (χ3n) is 6.78. The number of nitrogens with zero attached hydrogens (tertiary/aromatic N) is 2. The average Bonchev–Trinajstić information content (AvgIpc) is 3.14. The predicted octanol–water partition coefficient (Wildman–Crippen LogP) is 4.95. The van der Waals surface area contributed by atoms with E-state index in [9.17, 15) is 4.79 Å². The maximum absolute atomic E-state index is 12.5. The largest absolute Gasteiger partial charge is 0.291 e. The van der Waals surface area contributed by atoms with Crippen LogP contribution in [0.4, 0.5) is 0 Å². The first-order valence-electron chi connectivity index (χ1n) is 9.86. The summed E-state index contributed by atoms with van der Waals surface area (Å²) in [5, 5.41) is 12.4. The SMILES string of the molecule is O=C(N/N=C\c1c(Cl)cccc1Cl)c1cc(C23CC4CC(CC(C4)C2)C3)[nH]n1. The number of hydrazone groups is 1. The van der Waals surface area contributed by atoms with E-state index in [2.05, 4.69) is 20.7 Å². The summed E-state index contributed by atoms with van der Waals surface area (Å²) in [5.41, 5.74) is 4.77. The Hall–Kier alpha value is -1.85. The number of hydrogen-bond donors (Lipinski definition) is 2. The summed E-state index contributed by atoms with van der Waals surface area (Å²) in [6.07, 6.45) is 9.30. The van der Waals surface area contributed by atoms with E-state index in [1.54, 1.807) is 18.2 Å². The van der Waals surface area contributed by atoms with Crippen molar-refractivity contribution in [3.8, 4) is 0 Å². The molecule has 4 aliphatic rings. The molecule has 1 amide bonds. The number of rotatable bonds is 4. The van der Waals surface area contributed by atoms with Crippen molar-refractivity contribution in [1.82, 2.24) is 15.6 Å². The smallest absolute Gasteiger partial charge is 0.281 e. The highest BCUT2D eigenvalue weighted by molar-refractivity contribution is 6.38. The van der Waals surface area contributed by atoms with E-state index in [0.717, 1.165) is 23.4 Å². The lowest BCUT2D eigenvalue weighted by Crippen LogP contribution is -2.48. The number of carbonyl (C=O) groups excluding carboxylic acids is 1. The van der Waals surface area contributed by atoms with Gasteiger partial charge < -0.3 is 0 Å². The Morgan fingerprint density at radius 1 is 1.14 bits per heavy atom. The van der Waals surface area contributed by atoms with Gasteiger partial charge in [-0.1, -0.05) is 29.3 Å². The molecule has 0 atom stereocenters. The second-order valence-corrected chi connectivity index (χ2v) is 9.51. The number of aromatic amines is 1. The first-order chi connectivity index (χ1) is 13.5. The molecule has 7 heteroatoms. The van der Waals surface area contributed by atoms with Crippen LogP contribution in [-0.2, 0) is 5.41 Å². The van der Waals surface area contributed by atoms with Crippen LogP contribution in [0.25, 0.3) is 0 Å². The molecule has 4 saturated carbocycles. The highest BCUT2D eigenvalue weighted by Gasteiger charge is 2.52. The molecule has 4 bridgehead atoms. The van der Waals surface area contributed by atoms with Crippen LogP contribution in [0.15, 0.2) is 29.4 Å². The van der Waals surface area contributed by atoms with Crippen molar-refractivity contribution >= 4 is 35.3 Å². The Morgan fingerprint density at radius 3 is 2.36 bits per heavy atom. The molecule has 1 aromatic heterocycles. The average molecular weight is 417 g/mol. The zero-order chi connectivity index (χ0) is 19.3. The molecular formula is C21H22Cl2N4O. The number of H-pyrrole nitrogens is 1. The minimum Gasteiger partial charge on any atom is -0.281 e. The van der Waals surface area contributed by atoms with Gasteiger partial charge in [-0.2, -0.15) is 10.2 Å². The zero-order valence-corrected chi connectivity index (χ0v) is 16.9. The highest BCUT2D eigenvalue weighted by atomic mass is 35.5. The molecule has 4 fully saturated rings. The number of benzene rings is 1. The lowest BCUT2D eigenvalue weighted by atomic mass is 9.49. The summed E-state index contributed by atoms with van der Waals surface area (Å²) in [7, 11) is 0. The van der Waals surface area contributed by atoms with Gasteiger partial charge in [-0.05, 0) is 74.5 Å². The molecule has 0 radical (unpaired) electrons. The second-order valence-electron chi connectivity index (χ2n) is 8.70. The van der Waals surface area contributed by atoms with Gasteiger partial charge in [0.25, 0.3) is 5.91 Å². The van der Waals surface area contributed by atoms with E-state index in [1.165, 1.54) is 44.7 Å². The van der Waals surface area contributed by atoms with Crippen LogP contribution < -0.4 is 5.43 Å². The van der Waals surface area contributed by atoms with Crippen LogP contribution in [0.5, 0.6) is 0 Å². The van der Waals surface area contributed by atoms with Gasteiger partial charge in [-0.15, -0.1) is 0 Å². The highest BCUT2D eigenvalue weighted by Crippen LogP contribution is 2.60. The predicted molar refractivity (Wildman–Crippen MR) is 110 cm³/mol. The molecule has 2 N–H and O–H groups in total. The van der Waals surface area contributed by atoms with E-state index in [-0.39, 0.29) is 11.3 Å². The Kier molecular flexibility index (Phi) is 4.48. The van der Waals surface area contributed by atoms with Gasteiger partial charge in [0, 0.05) is 16.7 Å². The van der Waals surface area contributed by atoms with E-state index in [4.69, 9.17) is 23.2 Å². The molecular weight excluding hydrogens is 395 g/mol. The molecule has 0 unspecified atom stereocenters.